The van der Waals surface area contributed by atoms with Crippen molar-refractivity contribution in [2.45, 2.75) is 69.7 Å². The molecule has 0 atom stereocenters. The van der Waals surface area contributed by atoms with Crippen molar-refractivity contribution in [3.05, 3.63) is 22.5 Å². The van der Waals surface area contributed by atoms with E-state index < -0.39 is 0 Å². The average molecular weight is 361 g/mol. The number of carbonyl (C=O) groups is 1. The summed E-state index contributed by atoms with van der Waals surface area (Å²) in [5.74, 6) is 0.992. The molecule has 2 aromatic heterocycles. The van der Waals surface area contributed by atoms with Gasteiger partial charge in [-0.1, -0.05) is 42.2 Å². The van der Waals surface area contributed by atoms with E-state index in [4.69, 9.17) is 4.52 Å². The van der Waals surface area contributed by atoms with Crippen LogP contribution in [0, 0.1) is 0 Å². The monoisotopic (exact) mass is 361 g/mol. The lowest BCUT2D eigenvalue weighted by molar-refractivity contribution is 0.251. The topological polar surface area (TPSA) is 92.9 Å². The summed E-state index contributed by atoms with van der Waals surface area (Å²) in [5.41, 5.74) is 1.95. The molecule has 2 aliphatic rings. The molecule has 8 heteroatoms. The summed E-state index contributed by atoms with van der Waals surface area (Å²) in [7, 11) is 0. The van der Waals surface area contributed by atoms with Crippen LogP contribution in [-0.4, -0.2) is 21.4 Å². The number of aromatic nitrogens is 3. The van der Waals surface area contributed by atoms with E-state index in [1.54, 1.807) is 6.26 Å². The molecular weight excluding hydrogens is 338 g/mol. The van der Waals surface area contributed by atoms with Gasteiger partial charge in [0.1, 0.15) is 11.3 Å². The smallest absolute Gasteiger partial charge is 0.321 e. The zero-order chi connectivity index (χ0) is 17.1. The molecule has 4 rings (SSSR count). The van der Waals surface area contributed by atoms with Gasteiger partial charge in [-0.05, 0) is 25.7 Å². The summed E-state index contributed by atoms with van der Waals surface area (Å²) < 4.78 is 5.08. The third kappa shape index (κ3) is 3.84. The number of rotatable bonds is 5. The number of carbonyl (C=O) groups excluding carboxylic acids is 1. The minimum absolute atomic E-state index is 0.271. The predicted octanol–water partition coefficient (Wildman–Crippen LogP) is 4.16. The Morgan fingerprint density at radius 2 is 1.92 bits per heavy atom. The summed E-state index contributed by atoms with van der Waals surface area (Å²) >= 11 is 1.49. The van der Waals surface area contributed by atoms with Crippen LogP contribution in [0.15, 0.2) is 10.8 Å². The number of anilines is 1. The van der Waals surface area contributed by atoms with Crippen molar-refractivity contribution < 1.29 is 9.32 Å². The van der Waals surface area contributed by atoms with Gasteiger partial charge < -0.3 is 9.84 Å². The van der Waals surface area contributed by atoms with Gasteiger partial charge in [0.15, 0.2) is 0 Å². The Labute approximate surface area is 150 Å². The van der Waals surface area contributed by atoms with Crippen molar-refractivity contribution in [2.24, 2.45) is 0 Å². The zero-order valence-electron chi connectivity index (χ0n) is 14.2. The molecule has 2 heterocycles. The fourth-order valence-corrected chi connectivity index (χ4v) is 4.44. The van der Waals surface area contributed by atoms with Crippen LogP contribution in [0.3, 0.4) is 0 Å². The molecule has 0 saturated heterocycles. The van der Waals surface area contributed by atoms with Crippen molar-refractivity contribution in [3.63, 3.8) is 0 Å². The second-order valence-corrected chi connectivity index (χ2v) is 7.95. The first kappa shape index (κ1) is 16.5. The maximum Gasteiger partial charge on any atom is 0.321 e. The van der Waals surface area contributed by atoms with Gasteiger partial charge in [0, 0.05) is 23.9 Å². The van der Waals surface area contributed by atoms with Gasteiger partial charge in [0.25, 0.3) is 0 Å². The normalized spacial score (nSPS) is 18.7. The largest absolute Gasteiger partial charge is 0.364 e. The number of amides is 2. The number of hydrogen-bond acceptors (Lipinski definition) is 6. The first-order valence-corrected chi connectivity index (χ1v) is 9.92. The Morgan fingerprint density at radius 1 is 1.12 bits per heavy atom. The quantitative estimate of drug-likeness (QED) is 0.834. The molecule has 0 aliphatic heterocycles. The Hall–Kier alpha value is -1.96. The van der Waals surface area contributed by atoms with E-state index in [-0.39, 0.29) is 6.03 Å². The van der Waals surface area contributed by atoms with E-state index in [0.29, 0.717) is 23.5 Å². The maximum atomic E-state index is 12.1. The second-order valence-electron chi connectivity index (χ2n) is 6.94. The van der Waals surface area contributed by atoms with Gasteiger partial charge in [0.2, 0.25) is 5.13 Å². The summed E-state index contributed by atoms with van der Waals surface area (Å²) in [6.45, 7) is 0.412. The van der Waals surface area contributed by atoms with Crippen molar-refractivity contribution in [1.29, 1.82) is 0 Å². The third-order valence-electron chi connectivity index (χ3n) is 5.22. The van der Waals surface area contributed by atoms with E-state index in [2.05, 4.69) is 26.0 Å². The van der Waals surface area contributed by atoms with E-state index in [9.17, 15) is 4.79 Å². The minimum atomic E-state index is -0.271. The molecule has 2 aromatic rings. The average Bonchev–Trinajstić information content (AvgIpc) is 3.22. The maximum absolute atomic E-state index is 12.1. The van der Waals surface area contributed by atoms with Crippen LogP contribution in [0.2, 0.25) is 0 Å². The standard InChI is InChI=1S/C17H23N5O2S/c23-16(18-9-13-10-24-22-14(13)11-7-4-8-11)19-17-21-20-15(25-17)12-5-2-1-3-6-12/h10-12H,1-9H2,(H2,18,19,21,23). The molecular formula is C17H23N5O2S. The van der Waals surface area contributed by atoms with Crippen LogP contribution in [-0.2, 0) is 6.54 Å². The molecule has 2 aliphatic carbocycles. The van der Waals surface area contributed by atoms with Crippen LogP contribution in [0.4, 0.5) is 9.93 Å². The first-order valence-electron chi connectivity index (χ1n) is 9.11. The van der Waals surface area contributed by atoms with Crippen molar-refractivity contribution in [1.82, 2.24) is 20.7 Å². The molecule has 0 spiro atoms. The Morgan fingerprint density at radius 3 is 2.68 bits per heavy atom. The number of nitrogens with zero attached hydrogens (tertiary/aromatic N) is 3. The van der Waals surface area contributed by atoms with E-state index in [0.717, 1.165) is 29.1 Å². The molecule has 134 valence electrons. The molecule has 2 fully saturated rings. The molecule has 2 amide bonds. The molecule has 0 unspecified atom stereocenters. The summed E-state index contributed by atoms with van der Waals surface area (Å²) in [4.78, 5) is 12.1. The van der Waals surface area contributed by atoms with Crippen LogP contribution < -0.4 is 10.6 Å². The molecule has 2 saturated carbocycles. The SMILES string of the molecule is O=C(NCc1conc1C1CCC1)Nc1nnc(C2CCCCC2)s1. The molecule has 7 nitrogen and oxygen atoms in total. The Bertz CT molecular complexity index is 718. The lowest BCUT2D eigenvalue weighted by atomic mass is 9.81. The highest BCUT2D eigenvalue weighted by atomic mass is 32.1. The molecule has 25 heavy (non-hydrogen) atoms. The van der Waals surface area contributed by atoms with E-state index in [1.807, 2.05) is 0 Å². The third-order valence-corrected chi connectivity index (χ3v) is 6.22. The summed E-state index contributed by atoms with van der Waals surface area (Å²) in [6, 6.07) is -0.271. The molecule has 0 radical (unpaired) electrons. The lowest BCUT2D eigenvalue weighted by Crippen LogP contribution is -2.28. The van der Waals surface area contributed by atoms with Gasteiger partial charge in [-0.3, -0.25) is 5.32 Å². The van der Waals surface area contributed by atoms with Crippen molar-refractivity contribution >= 4 is 22.5 Å². The fourth-order valence-electron chi connectivity index (χ4n) is 3.53. The second kappa shape index (κ2) is 7.51. The number of urea groups is 1. The lowest BCUT2D eigenvalue weighted by Gasteiger charge is -2.23. The van der Waals surface area contributed by atoms with Gasteiger partial charge in [0.05, 0.1) is 5.69 Å². The first-order chi connectivity index (χ1) is 12.3. The van der Waals surface area contributed by atoms with Gasteiger partial charge in [-0.25, -0.2) is 4.79 Å². The van der Waals surface area contributed by atoms with E-state index in [1.165, 1.54) is 49.9 Å². The molecule has 0 aromatic carbocycles. The van der Waals surface area contributed by atoms with Crippen molar-refractivity contribution in [3.8, 4) is 0 Å². The highest BCUT2D eigenvalue weighted by Crippen LogP contribution is 2.37. The highest BCUT2D eigenvalue weighted by molar-refractivity contribution is 7.15. The fraction of sp³-hybridized carbons (Fsp3) is 0.647. The van der Waals surface area contributed by atoms with Crippen molar-refractivity contribution in [2.75, 3.05) is 5.32 Å². The number of nitrogens with one attached hydrogen (secondary N) is 2. The summed E-state index contributed by atoms with van der Waals surface area (Å²) in [5, 5.41) is 19.7. The minimum Gasteiger partial charge on any atom is -0.364 e. The van der Waals surface area contributed by atoms with E-state index >= 15 is 0 Å². The summed E-state index contributed by atoms with van der Waals surface area (Å²) in [6.07, 6.45) is 11.4. The van der Waals surface area contributed by atoms with Crippen LogP contribution in [0.5, 0.6) is 0 Å². The van der Waals surface area contributed by atoms with Crippen LogP contribution in [0.1, 0.15) is 79.5 Å². The van der Waals surface area contributed by atoms with Gasteiger partial charge in [-0.15, -0.1) is 10.2 Å². The zero-order valence-corrected chi connectivity index (χ0v) is 15.0. The molecule has 2 N–H and O–H groups in total. The molecule has 0 bridgehead atoms. The Kier molecular flexibility index (Phi) is 4.96. The van der Waals surface area contributed by atoms with Crippen LogP contribution >= 0.6 is 11.3 Å². The Balaban J connectivity index is 1.29. The van der Waals surface area contributed by atoms with Gasteiger partial charge >= 0.3 is 6.03 Å². The predicted molar refractivity (Wildman–Crippen MR) is 94.7 cm³/mol. The van der Waals surface area contributed by atoms with Gasteiger partial charge in [-0.2, -0.15) is 0 Å². The number of hydrogen-bond donors (Lipinski definition) is 2. The van der Waals surface area contributed by atoms with Crippen LogP contribution in [0.25, 0.3) is 0 Å². The highest BCUT2D eigenvalue weighted by Gasteiger charge is 2.25.